The maximum absolute atomic E-state index is 12.9. The molecule has 0 fully saturated rings. The first kappa shape index (κ1) is 16.6. The van der Waals surface area contributed by atoms with Crippen LogP contribution in [0.2, 0.25) is 0 Å². The number of carbonyl (C=O) groups excluding carboxylic acids is 2. The van der Waals surface area contributed by atoms with Crippen molar-refractivity contribution in [2.45, 2.75) is 32.9 Å². The molecule has 0 saturated carbocycles. The van der Waals surface area contributed by atoms with Crippen LogP contribution in [0.3, 0.4) is 0 Å². The van der Waals surface area contributed by atoms with Crippen LogP contribution < -0.4 is 10.2 Å². The molecular weight excluding hydrogens is 330 g/mol. The summed E-state index contributed by atoms with van der Waals surface area (Å²) < 4.78 is 3.60. The average Bonchev–Trinajstić information content (AvgIpc) is 3.10. The van der Waals surface area contributed by atoms with Crippen LogP contribution in [0.5, 0.6) is 0 Å². The number of aromatic nitrogens is 3. The Bertz CT molecular complexity index is 782. The Balaban J connectivity index is 1.84. The second kappa shape index (κ2) is 6.70. The van der Waals surface area contributed by atoms with E-state index >= 15 is 0 Å². The Hall–Kier alpha value is -2.26. The Morgan fingerprint density at radius 3 is 2.92 bits per heavy atom. The zero-order valence-corrected chi connectivity index (χ0v) is 14.5. The first-order chi connectivity index (χ1) is 11.5. The number of nitrogens with zero attached hydrogens (tertiary/aromatic N) is 4. The van der Waals surface area contributed by atoms with Crippen LogP contribution in [-0.2, 0) is 26.6 Å². The second-order valence-corrected chi connectivity index (χ2v) is 6.77. The first-order valence-electron chi connectivity index (χ1n) is 7.82. The molecule has 0 atom stereocenters. The van der Waals surface area contributed by atoms with Gasteiger partial charge in [-0.25, -0.2) is 5.48 Å². The molecule has 0 aliphatic carbocycles. The summed E-state index contributed by atoms with van der Waals surface area (Å²) in [6.07, 6.45) is 3.31. The second-order valence-electron chi connectivity index (χ2n) is 5.71. The van der Waals surface area contributed by atoms with Crippen LogP contribution >= 0.6 is 11.3 Å². The summed E-state index contributed by atoms with van der Waals surface area (Å²) in [6.45, 7) is 3.82. The molecule has 2 aromatic heterocycles. The minimum Gasteiger partial charge on any atom is -0.349 e. The Kier molecular flexibility index (Phi) is 4.63. The zero-order valence-electron chi connectivity index (χ0n) is 13.7. The molecule has 0 aromatic carbocycles. The lowest BCUT2D eigenvalue weighted by Crippen LogP contribution is -2.42. The van der Waals surface area contributed by atoms with Gasteiger partial charge in [0.2, 0.25) is 0 Å². The summed E-state index contributed by atoms with van der Waals surface area (Å²) in [6, 6.07) is 1.71. The summed E-state index contributed by atoms with van der Waals surface area (Å²) in [7, 11) is 1.78. The van der Waals surface area contributed by atoms with Gasteiger partial charge in [-0.3, -0.25) is 14.8 Å². The molecule has 2 amide bonds. The first-order valence-corrected chi connectivity index (χ1v) is 8.64. The maximum atomic E-state index is 12.9. The fourth-order valence-electron chi connectivity index (χ4n) is 2.83. The molecule has 1 aliphatic rings. The Labute approximate surface area is 143 Å². The summed E-state index contributed by atoms with van der Waals surface area (Å²) >= 11 is 1.42. The number of carbonyl (C=O) groups is 2. The molecule has 0 spiro atoms. The number of hydrogen-bond donors (Lipinski definition) is 2. The van der Waals surface area contributed by atoms with E-state index in [1.165, 1.54) is 11.3 Å². The third-order valence-corrected chi connectivity index (χ3v) is 5.31. The van der Waals surface area contributed by atoms with E-state index in [-0.39, 0.29) is 5.91 Å². The van der Waals surface area contributed by atoms with E-state index < -0.39 is 5.91 Å². The van der Waals surface area contributed by atoms with Crippen molar-refractivity contribution >= 4 is 23.2 Å². The van der Waals surface area contributed by atoms with Gasteiger partial charge in [-0.1, -0.05) is 11.6 Å². The standard InChI is InChI=1S/C15H19N5O3S/c1-3-12-16-18(2)15(24-12)14(22)20-6-4-5-19-8-10(13(21)17-23)7-11(19)9-20/h7-8H,3-6,9H2,1-2H3,(H-,17,21,23)/p+1. The van der Waals surface area contributed by atoms with Crippen molar-refractivity contribution in [3.05, 3.63) is 33.5 Å². The lowest BCUT2D eigenvalue weighted by Gasteiger charge is -2.17. The maximum Gasteiger partial charge on any atom is 0.354 e. The third-order valence-electron chi connectivity index (χ3n) is 4.07. The van der Waals surface area contributed by atoms with Crippen molar-refractivity contribution in [1.82, 2.24) is 20.0 Å². The van der Waals surface area contributed by atoms with Gasteiger partial charge in [0.15, 0.2) is 12.1 Å². The normalized spacial score (nSPS) is 14.2. The summed E-state index contributed by atoms with van der Waals surface area (Å²) in [5.41, 5.74) is 2.90. The van der Waals surface area contributed by atoms with Crippen molar-refractivity contribution in [3.63, 3.8) is 0 Å². The van der Waals surface area contributed by atoms with Crippen molar-refractivity contribution < 1.29 is 19.5 Å². The van der Waals surface area contributed by atoms with Crippen LogP contribution in [0, 0.1) is 0 Å². The lowest BCUT2D eigenvalue weighted by atomic mass is 10.3. The van der Waals surface area contributed by atoms with E-state index in [0.717, 1.165) is 30.1 Å². The number of fused-ring (bicyclic) bond motifs is 1. The largest absolute Gasteiger partial charge is 0.354 e. The van der Waals surface area contributed by atoms with Crippen molar-refractivity contribution in [2.75, 3.05) is 6.54 Å². The van der Waals surface area contributed by atoms with Crippen LogP contribution in [0.25, 0.3) is 0 Å². The highest BCUT2D eigenvalue weighted by Crippen LogP contribution is 2.19. The molecule has 2 N–H and O–H groups in total. The van der Waals surface area contributed by atoms with Crippen molar-refractivity contribution in [3.8, 4) is 0 Å². The average molecular weight is 350 g/mol. The highest BCUT2D eigenvalue weighted by molar-refractivity contribution is 7.12. The number of hydrogen-bond acceptors (Lipinski definition) is 5. The smallest absolute Gasteiger partial charge is 0.349 e. The van der Waals surface area contributed by atoms with Gasteiger partial charge in [-0.05, 0) is 23.8 Å². The van der Waals surface area contributed by atoms with Crippen molar-refractivity contribution in [2.24, 2.45) is 7.05 Å². The van der Waals surface area contributed by atoms with Gasteiger partial charge >= 0.3 is 10.9 Å². The van der Waals surface area contributed by atoms with Gasteiger partial charge in [0.25, 0.3) is 5.91 Å². The van der Waals surface area contributed by atoms with Gasteiger partial charge in [0, 0.05) is 36.5 Å². The third kappa shape index (κ3) is 3.04. The molecule has 8 nitrogen and oxygen atoms in total. The number of hydroxylamine groups is 1. The number of aryl methyl sites for hydroxylation is 3. The number of rotatable bonds is 3. The summed E-state index contributed by atoms with van der Waals surface area (Å²) in [5.74, 6) is -0.590. The van der Waals surface area contributed by atoms with Gasteiger partial charge in [-0.2, -0.15) is 0 Å². The van der Waals surface area contributed by atoms with Gasteiger partial charge in [0.1, 0.15) is 0 Å². The molecule has 3 heterocycles. The van der Waals surface area contributed by atoms with Crippen LogP contribution in [-0.4, -0.2) is 38.1 Å². The molecule has 128 valence electrons. The minimum atomic E-state index is -0.546. The molecule has 9 heteroatoms. The Morgan fingerprint density at radius 2 is 2.25 bits per heavy atom. The van der Waals surface area contributed by atoms with E-state index in [9.17, 15) is 9.59 Å². The van der Waals surface area contributed by atoms with E-state index in [4.69, 9.17) is 5.21 Å². The predicted molar refractivity (Wildman–Crippen MR) is 85.7 cm³/mol. The highest BCUT2D eigenvalue weighted by atomic mass is 32.1. The van der Waals surface area contributed by atoms with Gasteiger partial charge in [-0.15, -0.1) is 0 Å². The molecule has 0 saturated heterocycles. The van der Waals surface area contributed by atoms with E-state index in [1.807, 2.05) is 11.5 Å². The monoisotopic (exact) mass is 350 g/mol. The molecule has 0 bridgehead atoms. The molecule has 3 rings (SSSR count). The Morgan fingerprint density at radius 1 is 1.46 bits per heavy atom. The number of amides is 2. The molecule has 2 aromatic rings. The molecular formula is C15H20N5O3S+. The van der Waals surface area contributed by atoms with Gasteiger partial charge in [0.05, 0.1) is 12.1 Å². The predicted octanol–water partition coefficient (Wildman–Crippen LogP) is 0.497. The van der Waals surface area contributed by atoms with Gasteiger partial charge < -0.3 is 9.47 Å². The van der Waals surface area contributed by atoms with Crippen LogP contribution in [0.15, 0.2) is 12.3 Å². The van der Waals surface area contributed by atoms with Crippen LogP contribution in [0.4, 0.5) is 0 Å². The van der Waals surface area contributed by atoms with E-state index in [1.54, 1.807) is 34.4 Å². The quantitative estimate of drug-likeness (QED) is 0.479. The minimum absolute atomic E-state index is 0.0440. The van der Waals surface area contributed by atoms with E-state index in [0.29, 0.717) is 23.7 Å². The fraction of sp³-hybridized carbons (Fsp3) is 0.467. The SMILES string of the molecule is CCc1n[n+](C)c(C(=O)N2CCCn3cc(C(=O)NO)cc3C2)s1. The van der Waals surface area contributed by atoms with E-state index in [2.05, 4.69) is 5.10 Å². The van der Waals surface area contributed by atoms with Crippen LogP contribution in [0.1, 0.15) is 44.2 Å². The molecule has 0 radical (unpaired) electrons. The zero-order chi connectivity index (χ0) is 17.3. The molecule has 0 unspecified atom stereocenters. The fourth-order valence-corrected chi connectivity index (χ4v) is 3.75. The van der Waals surface area contributed by atoms with Crippen molar-refractivity contribution in [1.29, 1.82) is 0 Å². The highest BCUT2D eigenvalue weighted by Gasteiger charge is 2.30. The topological polar surface area (TPSA) is 91.3 Å². The summed E-state index contributed by atoms with van der Waals surface area (Å²) in [4.78, 5) is 26.2. The molecule has 24 heavy (non-hydrogen) atoms. The lowest BCUT2D eigenvalue weighted by molar-refractivity contribution is -0.727. The summed E-state index contributed by atoms with van der Waals surface area (Å²) in [5, 5.41) is 14.7. The molecule has 1 aliphatic heterocycles. The number of nitrogens with one attached hydrogen (secondary N) is 1.